The van der Waals surface area contributed by atoms with Crippen molar-refractivity contribution >= 4 is 39.2 Å². The quantitative estimate of drug-likeness (QED) is 0.588. The van der Waals surface area contributed by atoms with Crippen LogP contribution in [0.15, 0.2) is 42.5 Å². The van der Waals surface area contributed by atoms with Gasteiger partial charge in [0, 0.05) is 29.7 Å². The number of primary amides is 1. The number of urea groups is 1. The molecular formula is C22H23ClN4O2S. The van der Waals surface area contributed by atoms with E-state index in [1.54, 1.807) is 0 Å². The van der Waals surface area contributed by atoms with Crippen molar-refractivity contribution in [3.8, 4) is 10.9 Å². The van der Waals surface area contributed by atoms with Crippen LogP contribution >= 0.6 is 22.9 Å². The number of fused-ring (bicyclic) bond motifs is 3. The second-order valence-electron chi connectivity index (χ2n) is 8.07. The average molecular weight is 443 g/mol. The van der Waals surface area contributed by atoms with E-state index in [1.807, 2.05) is 30.3 Å². The molecule has 6 nitrogen and oxygen atoms in total. The summed E-state index contributed by atoms with van der Waals surface area (Å²) in [4.78, 5) is 18.3. The van der Waals surface area contributed by atoms with E-state index in [1.165, 1.54) is 29.7 Å². The lowest BCUT2D eigenvalue weighted by Crippen LogP contribution is -2.51. The van der Waals surface area contributed by atoms with Gasteiger partial charge in [-0.05, 0) is 61.6 Å². The molecule has 3 aromatic rings. The van der Waals surface area contributed by atoms with Gasteiger partial charge in [-0.25, -0.2) is 9.78 Å². The van der Waals surface area contributed by atoms with E-state index in [9.17, 15) is 4.79 Å². The molecule has 2 fully saturated rings. The summed E-state index contributed by atoms with van der Waals surface area (Å²) in [6, 6.07) is 14.7. The second-order valence-corrected chi connectivity index (χ2v) is 9.50. The topological polar surface area (TPSA) is 80.5 Å². The Bertz CT molecular complexity index is 1060. The van der Waals surface area contributed by atoms with Gasteiger partial charge < -0.3 is 15.8 Å². The monoisotopic (exact) mass is 442 g/mol. The van der Waals surface area contributed by atoms with E-state index in [2.05, 4.69) is 27.3 Å². The van der Waals surface area contributed by atoms with Crippen LogP contribution in [0.4, 0.5) is 4.79 Å². The molecule has 2 aromatic carbocycles. The lowest BCUT2D eigenvalue weighted by atomic mass is 9.96. The van der Waals surface area contributed by atoms with Gasteiger partial charge in [0.25, 0.3) is 5.19 Å². The number of nitrogens with one attached hydrogen (secondary N) is 1. The minimum atomic E-state index is -0.417. The summed E-state index contributed by atoms with van der Waals surface area (Å²) in [5.41, 5.74) is 7.42. The van der Waals surface area contributed by atoms with E-state index in [0.29, 0.717) is 22.3 Å². The maximum Gasteiger partial charge on any atom is 0.312 e. The molecule has 3 heterocycles. The summed E-state index contributed by atoms with van der Waals surface area (Å²) in [7, 11) is 0. The van der Waals surface area contributed by atoms with E-state index in [0.717, 1.165) is 35.4 Å². The summed E-state index contributed by atoms with van der Waals surface area (Å²) in [5.74, 6) is 0.774. The molecule has 1 aromatic heterocycles. The van der Waals surface area contributed by atoms with Gasteiger partial charge in [0.1, 0.15) is 5.75 Å². The van der Waals surface area contributed by atoms with Gasteiger partial charge in [0.2, 0.25) is 0 Å². The first-order chi connectivity index (χ1) is 14.5. The summed E-state index contributed by atoms with van der Waals surface area (Å²) in [5, 5.41) is 4.18. The minimum Gasteiger partial charge on any atom is -0.431 e. The number of thiazole rings is 1. The molecule has 2 aliphatic heterocycles. The van der Waals surface area contributed by atoms with Crippen LogP contribution in [-0.4, -0.2) is 34.0 Å². The molecule has 0 saturated carbocycles. The highest BCUT2D eigenvalue weighted by atomic mass is 35.5. The molecular weight excluding hydrogens is 420 g/mol. The molecule has 0 radical (unpaired) electrons. The Hall–Kier alpha value is -2.35. The molecule has 2 bridgehead atoms. The number of hydrogen-bond acceptors (Lipinski definition) is 5. The van der Waals surface area contributed by atoms with E-state index in [4.69, 9.17) is 22.1 Å². The summed E-state index contributed by atoms with van der Waals surface area (Å²) >= 11 is 7.54. The normalized spacial score (nSPS) is 23.6. The lowest BCUT2D eigenvalue weighted by Gasteiger charge is -2.39. The lowest BCUT2D eigenvalue weighted by molar-refractivity contribution is 0.112. The Balaban J connectivity index is 1.23. The fourth-order valence-electron chi connectivity index (χ4n) is 4.75. The number of benzene rings is 2. The number of nitrogens with two attached hydrogens (primary N) is 1. The first-order valence-corrected chi connectivity index (χ1v) is 11.4. The van der Waals surface area contributed by atoms with E-state index < -0.39 is 6.03 Å². The highest BCUT2D eigenvalue weighted by Gasteiger charge is 2.40. The maximum absolute atomic E-state index is 11.2. The number of halogens is 1. The zero-order chi connectivity index (χ0) is 20.7. The molecule has 3 atom stereocenters. The van der Waals surface area contributed by atoms with Crippen LogP contribution in [0.5, 0.6) is 10.9 Å². The molecule has 0 spiro atoms. The number of carbonyl (C=O) groups excluding carboxylic acids is 1. The van der Waals surface area contributed by atoms with Gasteiger partial charge in [-0.2, -0.15) is 0 Å². The number of nitrogens with zero attached hydrogens (tertiary/aromatic N) is 2. The van der Waals surface area contributed by atoms with Crippen molar-refractivity contribution in [2.24, 2.45) is 5.73 Å². The van der Waals surface area contributed by atoms with Crippen molar-refractivity contribution in [3.05, 3.63) is 53.1 Å². The number of piperidine rings is 1. The first kappa shape index (κ1) is 19.6. The summed E-state index contributed by atoms with van der Waals surface area (Å²) in [6.07, 6.45) is 4.32. The molecule has 1 unspecified atom stereocenters. The molecule has 8 heteroatoms. The van der Waals surface area contributed by atoms with Gasteiger partial charge in [0.15, 0.2) is 0 Å². The average Bonchev–Trinajstić information content (AvgIpc) is 3.19. The van der Waals surface area contributed by atoms with E-state index in [-0.39, 0.29) is 6.04 Å². The second kappa shape index (κ2) is 8.06. The number of rotatable bonds is 5. The zero-order valence-corrected chi connectivity index (χ0v) is 18.0. The third-order valence-corrected chi connectivity index (χ3v) is 7.20. The Kier molecular flexibility index (Phi) is 5.26. The largest absolute Gasteiger partial charge is 0.431 e. The van der Waals surface area contributed by atoms with Crippen LogP contribution in [-0.2, 0) is 6.54 Å². The number of aromatic nitrogens is 1. The van der Waals surface area contributed by atoms with Crippen LogP contribution in [0.25, 0.3) is 10.2 Å². The van der Waals surface area contributed by atoms with Crippen LogP contribution in [0.3, 0.4) is 0 Å². The highest BCUT2D eigenvalue weighted by molar-refractivity contribution is 7.20. The van der Waals surface area contributed by atoms with Crippen molar-refractivity contribution in [2.75, 3.05) is 0 Å². The smallest absolute Gasteiger partial charge is 0.312 e. The van der Waals surface area contributed by atoms with Gasteiger partial charge in [-0.15, -0.1) is 0 Å². The fourth-order valence-corrected chi connectivity index (χ4v) is 5.73. The van der Waals surface area contributed by atoms with Gasteiger partial charge in [-0.3, -0.25) is 4.90 Å². The third kappa shape index (κ3) is 4.10. The van der Waals surface area contributed by atoms with Crippen molar-refractivity contribution in [3.63, 3.8) is 0 Å². The SMILES string of the molecule is NC(=O)NC1C[C@H]2CC[C@@H](C1)N2Cc1ccc(Oc2nc3cc(Cl)ccc3s2)cc1. The Labute approximate surface area is 184 Å². The minimum absolute atomic E-state index is 0.204. The van der Waals surface area contributed by atoms with Crippen molar-refractivity contribution in [1.29, 1.82) is 0 Å². The number of ether oxygens (including phenoxy) is 1. The Morgan fingerprint density at radius 2 is 1.93 bits per heavy atom. The number of amides is 2. The van der Waals surface area contributed by atoms with Crippen molar-refractivity contribution < 1.29 is 9.53 Å². The van der Waals surface area contributed by atoms with Crippen molar-refractivity contribution in [2.45, 2.75) is 50.4 Å². The number of hydrogen-bond donors (Lipinski definition) is 2. The van der Waals surface area contributed by atoms with Crippen LogP contribution in [0, 0.1) is 0 Å². The number of carbonyl (C=O) groups is 1. The zero-order valence-electron chi connectivity index (χ0n) is 16.4. The Morgan fingerprint density at radius 1 is 1.20 bits per heavy atom. The molecule has 0 aliphatic carbocycles. The molecule has 2 aliphatic rings. The molecule has 3 N–H and O–H groups in total. The summed E-state index contributed by atoms with van der Waals surface area (Å²) < 4.78 is 7.00. The maximum atomic E-state index is 11.2. The molecule has 156 valence electrons. The van der Waals surface area contributed by atoms with Crippen LogP contribution in [0.2, 0.25) is 5.02 Å². The molecule has 30 heavy (non-hydrogen) atoms. The van der Waals surface area contributed by atoms with Crippen LogP contribution in [0.1, 0.15) is 31.2 Å². The predicted octanol–water partition coefficient (Wildman–Crippen LogP) is 4.91. The van der Waals surface area contributed by atoms with Crippen LogP contribution < -0.4 is 15.8 Å². The standard InChI is InChI=1S/C22H23ClN4O2S/c23-14-3-8-20-19(9-14)26-22(30-20)29-18-6-1-13(2-7-18)12-27-16-4-5-17(27)11-15(10-16)25-21(24)28/h1-3,6-9,15-17H,4-5,10-12H2,(H3,24,25,28)/t15?,16-,17+. The highest BCUT2D eigenvalue weighted by Crippen LogP contribution is 2.37. The molecule has 2 amide bonds. The van der Waals surface area contributed by atoms with E-state index >= 15 is 0 Å². The third-order valence-electron chi connectivity index (χ3n) is 6.05. The van der Waals surface area contributed by atoms with Gasteiger partial charge >= 0.3 is 6.03 Å². The van der Waals surface area contributed by atoms with Crippen molar-refractivity contribution in [1.82, 2.24) is 15.2 Å². The van der Waals surface area contributed by atoms with Gasteiger partial charge in [-0.1, -0.05) is 35.1 Å². The molecule has 2 saturated heterocycles. The first-order valence-electron chi connectivity index (χ1n) is 10.2. The fraction of sp³-hybridized carbons (Fsp3) is 0.364. The Morgan fingerprint density at radius 3 is 2.63 bits per heavy atom. The summed E-state index contributed by atoms with van der Waals surface area (Å²) in [6.45, 7) is 0.915. The molecule has 5 rings (SSSR count). The predicted molar refractivity (Wildman–Crippen MR) is 119 cm³/mol. The van der Waals surface area contributed by atoms with Gasteiger partial charge in [0.05, 0.1) is 10.2 Å².